The number of fused-ring (bicyclic) bond motifs is 1. The fourth-order valence-electron chi connectivity index (χ4n) is 2.34. The predicted molar refractivity (Wildman–Crippen MR) is 78.5 cm³/mol. The third kappa shape index (κ3) is 2.10. The summed E-state index contributed by atoms with van der Waals surface area (Å²) in [5, 5.41) is 9.67. The number of aromatic nitrogens is 2. The van der Waals surface area contributed by atoms with Crippen molar-refractivity contribution in [1.29, 1.82) is 0 Å². The molecule has 0 bridgehead atoms. The average molecular weight is 266 g/mol. The number of H-pyrrole nitrogens is 1. The molecule has 1 heterocycles. The number of benzene rings is 2. The molecule has 0 radical (unpaired) electrons. The van der Waals surface area contributed by atoms with Crippen LogP contribution in [0, 0.1) is 6.92 Å². The van der Waals surface area contributed by atoms with Crippen LogP contribution >= 0.6 is 0 Å². The van der Waals surface area contributed by atoms with E-state index >= 15 is 0 Å². The Morgan fingerprint density at radius 1 is 1.15 bits per heavy atom. The monoisotopic (exact) mass is 266 g/mol. The first-order valence-electron chi connectivity index (χ1n) is 6.39. The second kappa shape index (κ2) is 4.90. The zero-order valence-electron chi connectivity index (χ0n) is 11.1. The highest BCUT2D eigenvalue weighted by molar-refractivity contribution is 5.93. The molecule has 0 saturated carbocycles. The first kappa shape index (κ1) is 12.6. The van der Waals surface area contributed by atoms with Crippen LogP contribution in [0.5, 0.6) is 0 Å². The third-order valence-corrected chi connectivity index (χ3v) is 3.30. The van der Waals surface area contributed by atoms with Crippen LogP contribution in [0.15, 0.2) is 47.3 Å². The van der Waals surface area contributed by atoms with Crippen LogP contribution in [0.25, 0.3) is 22.0 Å². The number of hydrogen-bond donors (Lipinski definition) is 2. The molecule has 0 saturated heterocycles. The maximum Gasteiger partial charge on any atom is 0.259 e. The van der Waals surface area contributed by atoms with Crippen molar-refractivity contribution in [2.45, 2.75) is 13.5 Å². The largest absolute Gasteiger partial charge is 0.392 e. The molecule has 0 aliphatic carbocycles. The van der Waals surface area contributed by atoms with Gasteiger partial charge in [0.15, 0.2) is 0 Å². The van der Waals surface area contributed by atoms with Crippen molar-refractivity contribution in [2.24, 2.45) is 0 Å². The minimum absolute atomic E-state index is 0.0111. The summed E-state index contributed by atoms with van der Waals surface area (Å²) in [6.07, 6.45) is 0. The molecule has 0 aliphatic rings. The van der Waals surface area contributed by atoms with Crippen molar-refractivity contribution in [2.75, 3.05) is 0 Å². The normalized spacial score (nSPS) is 10.9. The minimum Gasteiger partial charge on any atom is -0.392 e. The lowest BCUT2D eigenvalue weighted by Gasteiger charge is -2.07. The predicted octanol–water partition coefficient (Wildman–Crippen LogP) is 2.39. The van der Waals surface area contributed by atoms with Gasteiger partial charge in [-0.25, -0.2) is 4.98 Å². The molecule has 0 unspecified atom stereocenters. The lowest BCUT2D eigenvalue weighted by molar-refractivity contribution is 0.282. The zero-order valence-corrected chi connectivity index (χ0v) is 11.1. The molecule has 0 aliphatic heterocycles. The van der Waals surface area contributed by atoms with E-state index in [1.807, 2.05) is 42.5 Å². The van der Waals surface area contributed by atoms with Gasteiger partial charge < -0.3 is 10.1 Å². The van der Waals surface area contributed by atoms with Crippen LogP contribution in [-0.4, -0.2) is 15.1 Å². The van der Waals surface area contributed by atoms with E-state index in [1.54, 1.807) is 6.92 Å². The molecule has 4 heteroatoms. The van der Waals surface area contributed by atoms with Gasteiger partial charge in [-0.3, -0.25) is 4.79 Å². The summed E-state index contributed by atoms with van der Waals surface area (Å²) < 4.78 is 0. The molecular formula is C16H14N2O2. The van der Waals surface area contributed by atoms with E-state index in [0.717, 1.165) is 16.7 Å². The Hall–Kier alpha value is -2.46. The number of aromatic amines is 1. The van der Waals surface area contributed by atoms with Crippen LogP contribution in [-0.2, 0) is 6.61 Å². The molecule has 2 aromatic carbocycles. The molecule has 4 nitrogen and oxygen atoms in total. The summed E-state index contributed by atoms with van der Waals surface area (Å²) in [6.45, 7) is 1.78. The smallest absolute Gasteiger partial charge is 0.259 e. The van der Waals surface area contributed by atoms with Gasteiger partial charge in [0, 0.05) is 0 Å². The Balaban J connectivity index is 2.27. The van der Waals surface area contributed by atoms with E-state index in [9.17, 15) is 4.79 Å². The molecular weight excluding hydrogens is 252 g/mol. The van der Waals surface area contributed by atoms with E-state index in [0.29, 0.717) is 16.7 Å². The Labute approximate surface area is 115 Å². The van der Waals surface area contributed by atoms with E-state index in [2.05, 4.69) is 9.97 Å². The van der Waals surface area contributed by atoms with Crippen LogP contribution in [0.3, 0.4) is 0 Å². The maximum atomic E-state index is 12.2. The maximum absolute atomic E-state index is 12.2. The first-order valence-corrected chi connectivity index (χ1v) is 6.39. The van der Waals surface area contributed by atoms with E-state index < -0.39 is 0 Å². The first-order chi connectivity index (χ1) is 9.69. The van der Waals surface area contributed by atoms with Gasteiger partial charge in [0.2, 0.25) is 0 Å². The van der Waals surface area contributed by atoms with Gasteiger partial charge in [-0.15, -0.1) is 0 Å². The highest BCUT2D eigenvalue weighted by Gasteiger charge is 2.08. The zero-order chi connectivity index (χ0) is 14.1. The van der Waals surface area contributed by atoms with Crippen LogP contribution in [0.2, 0.25) is 0 Å². The molecule has 100 valence electrons. The highest BCUT2D eigenvalue weighted by atomic mass is 16.3. The third-order valence-electron chi connectivity index (χ3n) is 3.30. The lowest BCUT2D eigenvalue weighted by atomic mass is 10.0. The quantitative estimate of drug-likeness (QED) is 0.748. The Kier molecular flexibility index (Phi) is 3.08. The van der Waals surface area contributed by atoms with Gasteiger partial charge in [0.05, 0.1) is 17.5 Å². The lowest BCUT2D eigenvalue weighted by Crippen LogP contribution is -2.10. The second-order valence-electron chi connectivity index (χ2n) is 4.71. The average Bonchev–Trinajstić information content (AvgIpc) is 2.46. The molecule has 1 aromatic heterocycles. The van der Waals surface area contributed by atoms with Gasteiger partial charge in [0.1, 0.15) is 5.82 Å². The number of aliphatic hydroxyl groups excluding tert-OH is 1. The van der Waals surface area contributed by atoms with Gasteiger partial charge in [-0.1, -0.05) is 36.4 Å². The van der Waals surface area contributed by atoms with Crippen molar-refractivity contribution in [1.82, 2.24) is 9.97 Å². The van der Waals surface area contributed by atoms with Crippen molar-refractivity contribution in [3.63, 3.8) is 0 Å². The molecule has 0 fully saturated rings. The van der Waals surface area contributed by atoms with E-state index in [4.69, 9.17) is 5.11 Å². The molecule has 0 amide bonds. The summed E-state index contributed by atoms with van der Waals surface area (Å²) in [5.74, 6) is 0.607. The van der Waals surface area contributed by atoms with Crippen LogP contribution < -0.4 is 5.56 Å². The minimum atomic E-state index is -0.130. The molecule has 20 heavy (non-hydrogen) atoms. The molecule has 3 rings (SSSR count). The number of aryl methyl sites for hydroxylation is 1. The fraction of sp³-hybridized carbons (Fsp3) is 0.125. The summed E-state index contributed by atoms with van der Waals surface area (Å²) in [4.78, 5) is 19.3. The van der Waals surface area contributed by atoms with Gasteiger partial charge in [-0.05, 0) is 29.7 Å². The Morgan fingerprint density at radius 3 is 2.60 bits per heavy atom. The topological polar surface area (TPSA) is 66.0 Å². The molecule has 0 spiro atoms. The van der Waals surface area contributed by atoms with Gasteiger partial charge in [0.25, 0.3) is 5.56 Å². The molecule has 2 N–H and O–H groups in total. The fourth-order valence-corrected chi connectivity index (χ4v) is 2.34. The summed E-state index contributed by atoms with van der Waals surface area (Å²) >= 11 is 0. The standard InChI is InChI=1S/C16H14N2O2/c1-10-17-14-4-2-3-13(15(14)16(20)18-10)12-7-5-11(9-19)6-8-12/h2-8,19H,9H2,1H3,(H,17,18,20). The summed E-state index contributed by atoms with van der Waals surface area (Å²) in [7, 11) is 0. The van der Waals surface area contributed by atoms with Crippen molar-refractivity contribution in [3.8, 4) is 11.1 Å². The highest BCUT2D eigenvalue weighted by Crippen LogP contribution is 2.25. The number of rotatable bonds is 2. The van der Waals surface area contributed by atoms with Crippen molar-refractivity contribution >= 4 is 10.9 Å². The van der Waals surface area contributed by atoms with Crippen molar-refractivity contribution in [3.05, 3.63) is 64.2 Å². The molecule has 0 atom stereocenters. The second-order valence-corrected chi connectivity index (χ2v) is 4.71. The number of nitrogens with one attached hydrogen (secondary N) is 1. The summed E-state index contributed by atoms with van der Waals surface area (Å²) in [5.41, 5.74) is 3.19. The summed E-state index contributed by atoms with van der Waals surface area (Å²) in [6, 6.07) is 13.1. The van der Waals surface area contributed by atoms with Gasteiger partial charge >= 0.3 is 0 Å². The Morgan fingerprint density at radius 2 is 1.90 bits per heavy atom. The van der Waals surface area contributed by atoms with E-state index in [-0.39, 0.29) is 12.2 Å². The Bertz CT molecular complexity index is 820. The van der Waals surface area contributed by atoms with Gasteiger partial charge in [-0.2, -0.15) is 0 Å². The SMILES string of the molecule is Cc1nc2cccc(-c3ccc(CO)cc3)c2c(=O)[nH]1. The van der Waals surface area contributed by atoms with Crippen LogP contribution in [0.1, 0.15) is 11.4 Å². The molecule has 3 aromatic rings. The number of hydrogen-bond acceptors (Lipinski definition) is 3. The van der Waals surface area contributed by atoms with Crippen molar-refractivity contribution < 1.29 is 5.11 Å². The number of nitrogens with zero attached hydrogens (tertiary/aromatic N) is 1. The van der Waals surface area contributed by atoms with Crippen LogP contribution in [0.4, 0.5) is 0 Å². The van der Waals surface area contributed by atoms with E-state index in [1.165, 1.54) is 0 Å². The number of aliphatic hydroxyl groups is 1.